The molecule has 63 heavy (non-hydrogen) atoms. The number of nitrogens with zero attached hydrogens (tertiary/aromatic N) is 7. The monoisotopic (exact) mass is 859 g/mol. The second kappa shape index (κ2) is 15.5. The molecular weight excluding hydrogens is 809 g/mol. The van der Waals surface area contributed by atoms with Crippen LogP contribution in [-0.2, 0) is 14.3 Å². The summed E-state index contributed by atoms with van der Waals surface area (Å²) in [5, 5.41) is 15.9. The normalized spacial score (nSPS) is 26.7. The highest BCUT2D eigenvalue weighted by Gasteiger charge is 2.64. The highest BCUT2D eigenvalue weighted by atomic mass is 19.1. The Morgan fingerprint density at radius 1 is 0.937 bits per heavy atom. The molecule has 2 N–H and O–H groups in total. The number of rotatable bonds is 9. The number of anilines is 2. The van der Waals surface area contributed by atoms with Crippen LogP contribution in [0.25, 0.3) is 10.9 Å². The van der Waals surface area contributed by atoms with Crippen molar-refractivity contribution in [3.05, 3.63) is 88.7 Å². The van der Waals surface area contributed by atoms with Crippen LogP contribution in [0.5, 0.6) is 5.75 Å². The predicted octanol–water partition coefficient (Wildman–Crippen LogP) is 5.58. The molecular formula is C47H51F2N9O5. The summed E-state index contributed by atoms with van der Waals surface area (Å²) in [6, 6.07) is 13.3. The van der Waals surface area contributed by atoms with Gasteiger partial charge in [-0.1, -0.05) is 27.7 Å². The molecule has 328 valence electrons. The zero-order valence-electron chi connectivity index (χ0n) is 35.9. The molecule has 4 aromatic rings. The molecule has 0 spiro atoms. The van der Waals surface area contributed by atoms with E-state index in [2.05, 4.69) is 36.5 Å². The first-order valence-electron chi connectivity index (χ1n) is 22.0. The number of aromatic nitrogens is 2. The van der Waals surface area contributed by atoms with Gasteiger partial charge in [0.1, 0.15) is 36.2 Å². The fourth-order valence-electron chi connectivity index (χ4n) is 11.5. The van der Waals surface area contributed by atoms with E-state index in [0.717, 1.165) is 49.0 Å². The number of halogens is 2. The van der Waals surface area contributed by atoms with Crippen LogP contribution < -0.4 is 25.2 Å². The van der Waals surface area contributed by atoms with Crippen LogP contribution >= 0.6 is 0 Å². The van der Waals surface area contributed by atoms with E-state index in [-0.39, 0.29) is 47.6 Å². The molecule has 1 aliphatic carbocycles. The van der Waals surface area contributed by atoms with Crippen LogP contribution in [0, 0.1) is 39.7 Å². The van der Waals surface area contributed by atoms with Gasteiger partial charge in [-0.25, -0.2) is 18.7 Å². The van der Waals surface area contributed by atoms with Crippen LogP contribution in [0.3, 0.4) is 0 Å². The van der Waals surface area contributed by atoms with E-state index in [4.69, 9.17) is 9.47 Å². The summed E-state index contributed by atoms with van der Waals surface area (Å²) in [7, 11) is 0. The van der Waals surface area contributed by atoms with E-state index in [1.54, 1.807) is 24.4 Å². The van der Waals surface area contributed by atoms with E-state index >= 15 is 8.78 Å². The molecule has 1 saturated carbocycles. The molecule has 0 radical (unpaired) electrons. The van der Waals surface area contributed by atoms with Crippen molar-refractivity contribution < 1.29 is 32.6 Å². The summed E-state index contributed by atoms with van der Waals surface area (Å²) < 4.78 is 43.9. The first kappa shape index (κ1) is 41.3. The number of nitriles is 1. The number of carbonyl (C=O) groups excluding carboxylic acids is 3. The van der Waals surface area contributed by atoms with E-state index in [1.165, 1.54) is 12.3 Å². The molecule has 16 heteroatoms. The SMILES string of the molecule is CC1(C)C(NC(=O)c2cnc(N3CCC(CN4CCN(c5cc6c(cc5F)C5OC6N5C5CCC(=O)NC5=O)CC4)CC3)c(F)c2)C(C)(C)C1Oc1ccc(C#N)c2ncccc12. The first-order chi connectivity index (χ1) is 30.2. The Morgan fingerprint density at radius 3 is 2.37 bits per heavy atom. The van der Waals surface area contributed by atoms with Crippen molar-refractivity contribution in [3.8, 4) is 11.8 Å². The van der Waals surface area contributed by atoms with Gasteiger partial charge in [0.05, 0.1) is 28.4 Å². The Bertz CT molecular complexity index is 2550. The summed E-state index contributed by atoms with van der Waals surface area (Å²) in [6.07, 6.45) is 4.38. The lowest BCUT2D eigenvalue weighted by Crippen LogP contribution is -2.74. The Hall–Kier alpha value is -5.76. The van der Waals surface area contributed by atoms with E-state index in [9.17, 15) is 19.6 Å². The van der Waals surface area contributed by atoms with E-state index in [1.807, 2.05) is 55.7 Å². The number of piperazine rings is 1. The number of imide groups is 1. The zero-order valence-corrected chi connectivity index (χ0v) is 35.9. The number of piperidine rings is 2. The average Bonchev–Trinajstić information content (AvgIpc) is 3.78. The molecule has 6 aliphatic rings. The molecule has 3 atom stereocenters. The van der Waals surface area contributed by atoms with E-state index < -0.39 is 41.1 Å². The van der Waals surface area contributed by atoms with Gasteiger partial charge in [0.15, 0.2) is 11.6 Å². The van der Waals surface area contributed by atoms with Crippen LogP contribution in [0.15, 0.2) is 54.9 Å². The number of nitrogens with one attached hydrogen (secondary N) is 2. The van der Waals surface area contributed by atoms with Crippen molar-refractivity contribution in [2.24, 2.45) is 16.7 Å². The Morgan fingerprint density at radius 2 is 1.67 bits per heavy atom. The lowest BCUT2D eigenvalue weighted by molar-refractivity contribution is -0.287. The molecule has 3 unspecified atom stereocenters. The molecule has 2 bridgehead atoms. The molecule has 2 aromatic carbocycles. The van der Waals surface area contributed by atoms with E-state index in [0.29, 0.717) is 61.0 Å². The number of fused-ring (bicyclic) bond motifs is 6. The maximum absolute atomic E-state index is 15.7. The van der Waals surface area contributed by atoms with Gasteiger partial charge in [0.2, 0.25) is 11.8 Å². The summed E-state index contributed by atoms with van der Waals surface area (Å²) in [5.74, 6) is -0.526. The summed E-state index contributed by atoms with van der Waals surface area (Å²) >= 11 is 0. The van der Waals surface area contributed by atoms with Crippen molar-refractivity contribution in [2.45, 2.75) is 84.0 Å². The number of carbonyl (C=O) groups is 3. The number of ether oxygens (including phenoxy) is 2. The third-order valence-electron chi connectivity index (χ3n) is 14.5. The molecule has 5 aliphatic heterocycles. The van der Waals surface area contributed by atoms with Gasteiger partial charge in [0.25, 0.3) is 5.91 Å². The van der Waals surface area contributed by atoms with Gasteiger partial charge in [-0.15, -0.1) is 0 Å². The molecule has 7 heterocycles. The first-order valence-corrected chi connectivity index (χ1v) is 22.0. The Labute approximate surface area is 364 Å². The third kappa shape index (κ3) is 6.95. The molecule has 3 amide bonds. The van der Waals surface area contributed by atoms with Gasteiger partial charge in [-0.3, -0.25) is 29.6 Å². The maximum atomic E-state index is 15.7. The maximum Gasteiger partial charge on any atom is 0.253 e. The van der Waals surface area contributed by atoms with Crippen LogP contribution in [0.2, 0.25) is 0 Å². The minimum Gasteiger partial charge on any atom is -0.488 e. The Kier molecular flexibility index (Phi) is 10.1. The smallest absolute Gasteiger partial charge is 0.253 e. The van der Waals surface area contributed by atoms with Gasteiger partial charge >= 0.3 is 0 Å². The summed E-state index contributed by atoms with van der Waals surface area (Å²) in [4.78, 5) is 55.1. The highest BCUT2D eigenvalue weighted by molar-refractivity contribution is 6.00. The van der Waals surface area contributed by atoms with Gasteiger partial charge in [-0.05, 0) is 67.6 Å². The number of benzene rings is 2. The van der Waals surface area contributed by atoms with Crippen molar-refractivity contribution in [1.29, 1.82) is 5.26 Å². The lowest BCUT2D eigenvalue weighted by Gasteiger charge is -2.63. The highest BCUT2D eigenvalue weighted by Crippen LogP contribution is 2.58. The second-order valence-electron chi connectivity index (χ2n) is 19.1. The minimum absolute atomic E-state index is 0.157. The molecule has 14 nitrogen and oxygen atoms in total. The molecule has 10 rings (SSSR count). The topological polar surface area (TPSA) is 156 Å². The van der Waals surface area contributed by atoms with Crippen molar-refractivity contribution in [1.82, 2.24) is 30.4 Å². The number of hydrogen-bond donors (Lipinski definition) is 2. The fraction of sp³-hybridized carbons (Fsp3) is 0.489. The quantitative estimate of drug-likeness (QED) is 0.202. The third-order valence-corrected chi connectivity index (χ3v) is 14.5. The Balaban J connectivity index is 0.705. The van der Waals surface area contributed by atoms with Crippen molar-refractivity contribution >= 4 is 40.1 Å². The fourth-order valence-corrected chi connectivity index (χ4v) is 11.5. The second-order valence-corrected chi connectivity index (χ2v) is 19.1. The van der Waals surface area contributed by atoms with Crippen LogP contribution in [0.4, 0.5) is 20.3 Å². The van der Waals surface area contributed by atoms with Crippen molar-refractivity contribution in [3.63, 3.8) is 0 Å². The lowest BCUT2D eigenvalue weighted by atomic mass is 9.49. The van der Waals surface area contributed by atoms with Gasteiger partial charge in [-0.2, -0.15) is 5.26 Å². The molecule has 2 aromatic heterocycles. The van der Waals surface area contributed by atoms with Crippen molar-refractivity contribution in [2.75, 3.05) is 55.6 Å². The van der Waals surface area contributed by atoms with Gasteiger partial charge < -0.3 is 24.6 Å². The number of amides is 3. The largest absolute Gasteiger partial charge is 0.488 e. The van der Waals surface area contributed by atoms with Gasteiger partial charge in [0, 0.05) is 98.0 Å². The summed E-state index contributed by atoms with van der Waals surface area (Å²) in [6.45, 7) is 13.3. The minimum atomic E-state index is -0.530. The van der Waals surface area contributed by atoms with Crippen LogP contribution in [-0.4, -0.2) is 101 Å². The number of pyridine rings is 2. The predicted molar refractivity (Wildman–Crippen MR) is 228 cm³/mol. The summed E-state index contributed by atoms with van der Waals surface area (Å²) in [5.41, 5.74) is 2.42. The standard InChI is InChI=1S/C47H51F2N9O5/c1-46(2)44(47(3,4)45(46)62-36-9-7-27(23-50)38-29(36)6-5-13-51-38)54-40(60)28-20-33(49)39(52-24-28)57-14-11-26(12-15-57)25-55-16-18-56(19-17-55)35-22-31-30(21-32(35)48)42-58(43(31)63-42)34-8-10-37(59)53-41(34)61/h5-7,9,13,20-22,24,26,34,42-45H,8,10-12,14-19,25H2,1-4H3,(H,54,60)(H,53,59,61). The molecule has 5 fully saturated rings. The average molecular weight is 860 g/mol. The number of hydrogen-bond acceptors (Lipinski definition) is 12. The zero-order chi connectivity index (χ0) is 43.9. The molecule has 4 saturated heterocycles. The van der Waals surface area contributed by atoms with Crippen LogP contribution in [0.1, 0.15) is 92.9 Å².